The predicted molar refractivity (Wildman–Crippen MR) is 78.4 cm³/mol. The van der Waals surface area contributed by atoms with E-state index in [0.29, 0.717) is 5.56 Å². The van der Waals surface area contributed by atoms with Gasteiger partial charge in [-0.15, -0.1) is 0 Å². The van der Waals surface area contributed by atoms with Crippen molar-refractivity contribution < 1.29 is 19.4 Å². The third kappa shape index (κ3) is 4.31. The molecule has 4 nitrogen and oxygen atoms in total. The maximum absolute atomic E-state index is 11.7. The second-order valence-electron chi connectivity index (χ2n) is 4.31. The topological polar surface area (TPSA) is 63.6 Å². The summed E-state index contributed by atoms with van der Waals surface area (Å²) in [6.45, 7) is 0. The van der Waals surface area contributed by atoms with Crippen molar-refractivity contribution in [3.8, 4) is 0 Å². The van der Waals surface area contributed by atoms with Gasteiger partial charge in [0, 0.05) is 11.6 Å². The number of carboxylic acids is 1. The second-order valence-corrected chi connectivity index (χ2v) is 4.31. The lowest BCUT2D eigenvalue weighted by atomic mass is 10.1. The number of aliphatic carboxylic acids is 1. The number of hydrogen-bond acceptors (Lipinski definition) is 3. The molecule has 0 aliphatic heterocycles. The molecule has 2 aromatic rings. The Morgan fingerprint density at radius 3 is 2.10 bits per heavy atom. The van der Waals surface area contributed by atoms with E-state index in [1.165, 1.54) is 6.08 Å². The smallest absolute Gasteiger partial charge is 0.349 e. The molecule has 0 fully saturated rings. The summed E-state index contributed by atoms with van der Waals surface area (Å²) in [5.41, 5.74) is 1.26. The van der Waals surface area contributed by atoms with E-state index in [-0.39, 0.29) is 0 Å². The summed E-state index contributed by atoms with van der Waals surface area (Å²) in [5.74, 6) is -1.90. The van der Waals surface area contributed by atoms with Crippen molar-refractivity contribution in [3.05, 3.63) is 77.9 Å². The van der Waals surface area contributed by atoms with Crippen LogP contribution in [0.15, 0.2) is 66.7 Å². The standard InChI is InChI=1S/C17H14O4/c18-15(12-11-13-7-3-1-4-8-13)21-16(17(19)20)14-9-5-2-6-10-14/h1-12,16H,(H,19,20)/b12-11+/t16-/m1/s1. The molecule has 0 radical (unpaired) electrons. The molecular weight excluding hydrogens is 268 g/mol. The van der Waals surface area contributed by atoms with Crippen LogP contribution in [0, 0.1) is 0 Å². The van der Waals surface area contributed by atoms with Crippen LogP contribution in [-0.2, 0) is 14.3 Å². The lowest BCUT2D eigenvalue weighted by molar-refractivity contribution is -0.161. The van der Waals surface area contributed by atoms with Gasteiger partial charge in [-0.3, -0.25) is 0 Å². The Morgan fingerprint density at radius 2 is 1.52 bits per heavy atom. The molecule has 21 heavy (non-hydrogen) atoms. The van der Waals surface area contributed by atoms with Gasteiger partial charge < -0.3 is 9.84 Å². The minimum atomic E-state index is -1.31. The van der Waals surface area contributed by atoms with E-state index in [1.54, 1.807) is 36.4 Å². The van der Waals surface area contributed by atoms with Crippen molar-refractivity contribution in [2.45, 2.75) is 6.10 Å². The number of carboxylic acid groups (broad SMARTS) is 1. The summed E-state index contributed by atoms with van der Waals surface area (Å²) in [7, 11) is 0. The van der Waals surface area contributed by atoms with Crippen molar-refractivity contribution in [1.82, 2.24) is 0 Å². The third-order valence-electron chi connectivity index (χ3n) is 2.77. The molecule has 0 unspecified atom stereocenters. The van der Waals surface area contributed by atoms with Crippen LogP contribution >= 0.6 is 0 Å². The highest BCUT2D eigenvalue weighted by Gasteiger charge is 2.23. The van der Waals surface area contributed by atoms with Gasteiger partial charge in [0.1, 0.15) is 0 Å². The molecule has 0 aromatic heterocycles. The van der Waals surface area contributed by atoms with Crippen LogP contribution in [-0.4, -0.2) is 17.0 Å². The Morgan fingerprint density at radius 1 is 0.952 bits per heavy atom. The molecule has 0 saturated heterocycles. The summed E-state index contributed by atoms with van der Waals surface area (Å²) in [5, 5.41) is 9.16. The van der Waals surface area contributed by atoms with Crippen LogP contribution in [0.2, 0.25) is 0 Å². The first-order chi connectivity index (χ1) is 10.2. The Bertz CT molecular complexity index is 632. The molecule has 0 aliphatic carbocycles. The van der Waals surface area contributed by atoms with Gasteiger partial charge in [0.05, 0.1) is 0 Å². The number of carbonyl (C=O) groups excluding carboxylic acids is 1. The van der Waals surface area contributed by atoms with Crippen molar-refractivity contribution in [3.63, 3.8) is 0 Å². The van der Waals surface area contributed by atoms with Gasteiger partial charge in [0.25, 0.3) is 0 Å². The number of benzene rings is 2. The maximum Gasteiger partial charge on any atom is 0.349 e. The number of carbonyl (C=O) groups is 2. The molecule has 2 aromatic carbocycles. The van der Waals surface area contributed by atoms with E-state index in [0.717, 1.165) is 5.56 Å². The van der Waals surface area contributed by atoms with E-state index in [4.69, 9.17) is 9.84 Å². The monoisotopic (exact) mass is 282 g/mol. The normalized spacial score (nSPS) is 12.0. The fourth-order valence-corrected chi connectivity index (χ4v) is 1.77. The molecule has 106 valence electrons. The SMILES string of the molecule is O=C(/C=C/c1ccccc1)O[C@@H](C(=O)O)c1ccccc1. The van der Waals surface area contributed by atoms with E-state index in [1.807, 2.05) is 30.3 Å². The van der Waals surface area contributed by atoms with E-state index >= 15 is 0 Å². The molecule has 0 saturated carbocycles. The first-order valence-electron chi connectivity index (χ1n) is 6.38. The predicted octanol–water partition coefficient (Wildman–Crippen LogP) is 3.07. The minimum Gasteiger partial charge on any atom is -0.478 e. The van der Waals surface area contributed by atoms with Gasteiger partial charge in [0.2, 0.25) is 6.10 Å². The summed E-state index contributed by atoms with van der Waals surface area (Å²) in [6, 6.07) is 17.6. The van der Waals surface area contributed by atoms with Crippen LogP contribution in [0.1, 0.15) is 17.2 Å². The van der Waals surface area contributed by atoms with Crippen molar-refractivity contribution in [2.75, 3.05) is 0 Å². The van der Waals surface area contributed by atoms with Crippen LogP contribution in [0.4, 0.5) is 0 Å². The highest BCUT2D eigenvalue weighted by atomic mass is 16.6. The van der Waals surface area contributed by atoms with Gasteiger partial charge in [-0.25, -0.2) is 9.59 Å². The summed E-state index contributed by atoms with van der Waals surface area (Å²) < 4.78 is 4.99. The van der Waals surface area contributed by atoms with Gasteiger partial charge in [0.15, 0.2) is 0 Å². The second kappa shape index (κ2) is 7.05. The number of esters is 1. The average molecular weight is 282 g/mol. The molecule has 0 spiro atoms. The summed E-state index contributed by atoms with van der Waals surface area (Å²) in [4.78, 5) is 22.9. The molecule has 1 N–H and O–H groups in total. The largest absolute Gasteiger partial charge is 0.478 e. The molecule has 0 heterocycles. The maximum atomic E-state index is 11.7. The van der Waals surface area contributed by atoms with E-state index in [2.05, 4.69) is 0 Å². The molecule has 1 atom stereocenters. The van der Waals surface area contributed by atoms with Gasteiger partial charge in [-0.2, -0.15) is 0 Å². The van der Waals surface area contributed by atoms with Crippen LogP contribution in [0.25, 0.3) is 6.08 Å². The number of hydrogen-bond donors (Lipinski definition) is 1. The fraction of sp³-hybridized carbons (Fsp3) is 0.0588. The molecule has 0 bridgehead atoms. The Balaban J connectivity index is 2.06. The van der Waals surface area contributed by atoms with Crippen molar-refractivity contribution in [2.24, 2.45) is 0 Å². The zero-order chi connectivity index (χ0) is 15.1. The van der Waals surface area contributed by atoms with E-state index < -0.39 is 18.0 Å². The first kappa shape index (κ1) is 14.5. The Hall–Kier alpha value is -2.88. The first-order valence-corrected chi connectivity index (χ1v) is 6.38. The van der Waals surface area contributed by atoms with Crippen LogP contribution in [0.5, 0.6) is 0 Å². The van der Waals surface area contributed by atoms with Gasteiger partial charge in [-0.1, -0.05) is 60.7 Å². The molecule has 0 aliphatic rings. The highest BCUT2D eigenvalue weighted by Crippen LogP contribution is 2.18. The lowest BCUT2D eigenvalue weighted by Crippen LogP contribution is -2.18. The van der Waals surface area contributed by atoms with Crippen LogP contribution < -0.4 is 0 Å². The van der Waals surface area contributed by atoms with Crippen molar-refractivity contribution in [1.29, 1.82) is 0 Å². The highest BCUT2D eigenvalue weighted by molar-refractivity contribution is 5.89. The van der Waals surface area contributed by atoms with Gasteiger partial charge >= 0.3 is 11.9 Å². The summed E-state index contributed by atoms with van der Waals surface area (Å²) in [6.07, 6.45) is 1.49. The zero-order valence-corrected chi connectivity index (χ0v) is 11.2. The van der Waals surface area contributed by atoms with E-state index in [9.17, 15) is 9.59 Å². The Labute approximate surface area is 122 Å². The molecule has 2 rings (SSSR count). The summed E-state index contributed by atoms with van der Waals surface area (Å²) >= 11 is 0. The average Bonchev–Trinajstić information content (AvgIpc) is 2.52. The van der Waals surface area contributed by atoms with Crippen molar-refractivity contribution >= 4 is 18.0 Å². The number of ether oxygens (including phenoxy) is 1. The molecular formula is C17H14O4. The fourth-order valence-electron chi connectivity index (χ4n) is 1.77. The minimum absolute atomic E-state index is 0.423. The lowest BCUT2D eigenvalue weighted by Gasteiger charge is -2.12. The quantitative estimate of drug-likeness (QED) is 0.676. The third-order valence-corrected chi connectivity index (χ3v) is 2.77. The molecule has 0 amide bonds. The van der Waals surface area contributed by atoms with Crippen LogP contribution in [0.3, 0.4) is 0 Å². The zero-order valence-electron chi connectivity index (χ0n) is 11.2. The Kier molecular flexibility index (Phi) is 4.88. The molecule has 4 heteroatoms. The number of rotatable bonds is 5. The van der Waals surface area contributed by atoms with Gasteiger partial charge in [-0.05, 0) is 11.6 Å².